The molecule has 0 aliphatic rings. The maximum absolute atomic E-state index is 11.9. The Morgan fingerprint density at radius 1 is 1.27 bits per heavy atom. The maximum Gasteiger partial charge on any atom is 0.260 e. The smallest absolute Gasteiger partial charge is 0.260 e. The Bertz CT molecular complexity index is 476. The molecule has 0 spiro atoms. The van der Waals surface area contributed by atoms with Crippen LogP contribution in [-0.4, -0.2) is 24.6 Å². The Morgan fingerprint density at radius 3 is 2.41 bits per heavy atom. The van der Waals surface area contributed by atoms with Crippen molar-refractivity contribution in [3.8, 4) is 5.75 Å². The Morgan fingerprint density at radius 2 is 1.91 bits per heavy atom. The van der Waals surface area contributed by atoms with Crippen molar-refractivity contribution < 1.29 is 9.53 Å². The SMILES string of the molecule is Cc1cc(OC(C)C(=O)NCCC(C)N)ccc1C(C)C.Cl. The molecule has 3 N–H and O–H groups in total. The molecule has 0 aliphatic heterocycles. The van der Waals surface area contributed by atoms with Crippen LogP contribution in [0, 0.1) is 6.92 Å². The van der Waals surface area contributed by atoms with Crippen LogP contribution in [0.25, 0.3) is 0 Å². The number of halogens is 1. The van der Waals surface area contributed by atoms with Gasteiger partial charge in [-0.15, -0.1) is 12.4 Å². The van der Waals surface area contributed by atoms with E-state index in [0.29, 0.717) is 12.5 Å². The number of ether oxygens (including phenoxy) is 1. The quantitative estimate of drug-likeness (QED) is 0.808. The molecule has 2 unspecified atom stereocenters. The van der Waals surface area contributed by atoms with Crippen molar-refractivity contribution >= 4 is 18.3 Å². The van der Waals surface area contributed by atoms with Gasteiger partial charge in [-0.3, -0.25) is 4.79 Å². The van der Waals surface area contributed by atoms with E-state index in [4.69, 9.17) is 10.5 Å². The largest absolute Gasteiger partial charge is 0.481 e. The van der Waals surface area contributed by atoms with E-state index in [1.807, 2.05) is 19.1 Å². The van der Waals surface area contributed by atoms with Gasteiger partial charge in [-0.05, 0) is 56.4 Å². The summed E-state index contributed by atoms with van der Waals surface area (Å²) in [5.41, 5.74) is 8.14. The number of carbonyl (C=O) groups excluding carboxylic acids is 1. The molecule has 1 aromatic carbocycles. The van der Waals surface area contributed by atoms with Crippen molar-refractivity contribution in [2.75, 3.05) is 6.54 Å². The highest BCUT2D eigenvalue weighted by molar-refractivity contribution is 5.85. The molecule has 0 bridgehead atoms. The molecule has 1 amide bonds. The van der Waals surface area contributed by atoms with Crippen molar-refractivity contribution in [3.63, 3.8) is 0 Å². The molecule has 0 saturated carbocycles. The second-order valence-electron chi connectivity index (χ2n) is 5.99. The lowest BCUT2D eigenvalue weighted by molar-refractivity contribution is -0.127. The van der Waals surface area contributed by atoms with E-state index in [-0.39, 0.29) is 24.4 Å². The maximum atomic E-state index is 11.9. The number of benzene rings is 1. The van der Waals surface area contributed by atoms with Crippen molar-refractivity contribution in [1.82, 2.24) is 5.32 Å². The molecule has 0 radical (unpaired) electrons. The number of amides is 1. The normalized spacial score (nSPS) is 13.2. The fraction of sp³-hybridized carbons (Fsp3) is 0.588. The summed E-state index contributed by atoms with van der Waals surface area (Å²) >= 11 is 0. The van der Waals surface area contributed by atoms with Crippen LogP contribution in [0.3, 0.4) is 0 Å². The molecule has 0 heterocycles. The van der Waals surface area contributed by atoms with Gasteiger partial charge in [-0.25, -0.2) is 0 Å². The molecule has 1 rings (SSSR count). The van der Waals surface area contributed by atoms with Crippen LogP contribution in [-0.2, 0) is 4.79 Å². The molecule has 0 fully saturated rings. The first kappa shape index (κ1) is 20.7. The number of nitrogens with one attached hydrogen (secondary N) is 1. The van der Waals surface area contributed by atoms with E-state index >= 15 is 0 Å². The molecule has 2 atom stereocenters. The summed E-state index contributed by atoms with van der Waals surface area (Å²) in [5, 5.41) is 2.83. The molecule has 0 saturated heterocycles. The fourth-order valence-electron chi connectivity index (χ4n) is 2.19. The van der Waals surface area contributed by atoms with Gasteiger partial charge in [0.05, 0.1) is 0 Å². The fourth-order valence-corrected chi connectivity index (χ4v) is 2.19. The highest BCUT2D eigenvalue weighted by Gasteiger charge is 2.15. The number of aryl methyl sites for hydroxylation is 1. The molecule has 4 nitrogen and oxygen atoms in total. The first-order valence-corrected chi connectivity index (χ1v) is 7.61. The zero-order valence-corrected chi connectivity index (χ0v) is 15.0. The summed E-state index contributed by atoms with van der Waals surface area (Å²) in [4.78, 5) is 11.9. The summed E-state index contributed by atoms with van der Waals surface area (Å²) in [5.74, 6) is 1.10. The van der Waals surface area contributed by atoms with Crippen LogP contribution in [0.4, 0.5) is 0 Å². The Kier molecular flexibility index (Phi) is 9.14. The highest BCUT2D eigenvalue weighted by Crippen LogP contribution is 2.24. The predicted molar refractivity (Wildman–Crippen MR) is 93.9 cm³/mol. The van der Waals surface area contributed by atoms with Crippen LogP contribution in [0.1, 0.15) is 51.2 Å². The minimum atomic E-state index is -0.512. The predicted octanol–water partition coefficient (Wildman–Crippen LogP) is 3.16. The summed E-state index contributed by atoms with van der Waals surface area (Å²) in [6.07, 6.45) is 0.253. The van der Waals surface area contributed by atoms with Crippen molar-refractivity contribution in [2.24, 2.45) is 5.73 Å². The Balaban J connectivity index is 0.00000441. The molecule has 0 aliphatic carbocycles. The third-order valence-corrected chi connectivity index (χ3v) is 3.44. The lowest BCUT2D eigenvalue weighted by Crippen LogP contribution is -2.38. The van der Waals surface area contributed by atoms with Crippen molar-refractivity contribution in [2.45, 2.75) is 59.1 Å². The Hall–Kier alpha value is -1.26. The second kappa shape index (κ2) is 9.70. The van der Waals surface area contributed by atoms with Crippen LogP contribution in [0.15, 0.2) is 18.2 Å². The molecular formula is C17H29ClN2O2. The number of hydrogen-bond donors (Lipinski definition) is 2. The minimum absolute atomic E-state index is 0. The molecular weight excluding hydrogens is 300 g/mol. The molecule has 0 aromatic heterocycles. The number of rotatable bonds is 7. The third kappa shape index (κ3) is 6.67. The van der Waals surface area contributed by atoms with Gasteiger partial charge in [0.15, 0.2) is 6.10 Å². The molecule has 22 heavy (non-hydrogen) atoms. The van der Waals surface area contributed by atoms with Crippen molar-refractivity contribution in [3.05, 3.63) is 29.3 Å². The average molecular weight is 329 g/mol. The van der Waals surface area contributed by atoms with Gasteiger partial charge in [-0.2, -0.15) is 0 Å². The van der Waals surface area contributed by atoms with Crippen molar-refractivity contribution in [1.29, 1.82) is 0 Å². The summed E-state index contributed by atoms with van der Waals surface area (Å²) in [6.45, 7) is 10.7. The third-order valence-electron chi connectivity index (χ3n) is 3.44. The lowest BCUT2D eigenvalue weighted by atomic mass is 9.98. The van der Waals surface area contributed by atoms with E-state index < -0.39 is 6.10 Å². The van der Waals surface area contributed by atoms with E-state index in [1.165, 1.54) is 11.1 Å². The summed E-state index contributed by atoms with van der Waals surface area (Å²) in [6, 6.07) is 6.07. The molecule has 126 valence electrons. The molecule has 5 heteroatoms. The van der Waals surface area contributed by atoms with E-state index in [0.717, 1.165) is 12.2 Å². The standard InChI is InChI=1S/C17H28N2O2.ClH/c1-11(2)16-7-6-15(10-12(16)3)21-14(5)17(20)19-9-8-13(4)18;/h6-7,10-11,13-14H,8-9,18H2,1-5H3,(H,19,20);1H. The summed E-state index contributed by atoms with van der Waals surface area (Å²) in [7, 11) is 0. The topological polar surface area (TPSA) is 64.3 Å². The van der Waals surface area contributed by atoms with E-state index in [1.54, 1.807) is 6.92 Å². The first-order valence-electron chi connectivity index (χ1n) is 7.61. The van der Waals surface area contributed by atoms with Gasteiger partial charge < -0.3 is 15.8 Å². The van der Waals surface area contributed by atoms with Gasteiger partial charge in [-0.1, -0.05) is 19.9 Å². The van der Waals surface area contributed by atoms with E-state index in [2.05, 4.69) is 32.2 Å². The van der Waals surface area contributed by atoms with Crippen LogP contribution in [0.5, 0.6) is 5.75 Å². The second-order valence-corrected chi connectivity index (χ2v) is 5.99. The zero-order chi connectivity index (χ0) is 16.0. The van der Waals surface area contributed by atoms with E-state index in [9.17, 15) is 4.79 Å². The van der Waals surface area contributed by atoms with Crippen LogP contribution < -0.4 is 15.8 Å². The molecule has 1 aromatic rings. The van der Waals surface area contributed by atoms with Gasteiger partial charge >= 0.3 is 0 Å². The lowest BCUT2D eigenvalue weighted by Gasteiger charge is -2.17. The van der Waals surface area contributed by atoms with Crippen LogP contribution in [0.2, 0.25) is 0 Å². The number of hydrogen-bond acceptors (Lipinski definition) is 3. The Labute approximate surface area is 140 Å². The van der Waals surface area contributed by atoms with Gasteiger partial charge in [0, 0.05) is 12.6 Å². The number of nitrogens with two attached hydrogens (primary N) is 1. The number of carbonyl (C=O) groups is 1. The average Bonchev–Trinajstić information content (AvgIpc) is 2.37. The zero-order valence-electron chi connectivity index (χ0n) is 14.2. The first-order chi connectivity index (χ1) is 9.81. The van der Waals surface area contributed by atoms with Gasteiger partial charge in [0.1, 0.15) is 5.75 Å². The summed E-state index contributed by atoms with van der Waals surface area (Å²) < 4.78 is 5.71. The highest BCUT2D eigenvalue weighted by atomic mass is 35.5. The monoisotopic (exact) mass is 328 g/mol. The van der Waals surface area contributed by atoms with Gasteiger partial charge in [0.2, 0.25) is 0 Å². The van der Waals surface area contributed by atoms with Crippen LogP contribution >= 0.6 is 12.4 Å². The van der Waals surface area contributed by atoms with Gasteiger partial charge in [0.25, 0.3) is 5.91 Å². The minimum Gasteiger partial charge on any atom is -0.481 e.